The summed E-state index contributed by atoms with van der Waals surface area (Å²) in [6.07, 6.45) is 2.28. The number of carbonyl (C=O) groups excluding carboxylic acids is 1. The van der Waals surface area contributed by atoms with Crippen LogP contribution in [0.25, 0.3) is 0 Å². The van der Waals surface area contributed by atoms with E-state index in [-0.39, 0.29) is 11.2 Å². The van der Waals surface area contributed by atoms with E-state index in [0.717, 1.165) is 16.7 Å². The molecule has 35 heavy (non-hydrogen) atoms. The van der Waals surface area contributed by atoms with Gasteiger partial charge in [0.2, 0.25) is 5.91 Å². The van der Waals surface area contributed by atoms with Crippen molar-refractivity contribution in [2.24, 2.45) is 10.2 Å². The molecule has 1 aliphatic rings. The second kappa shape index (κ2) is 11.7. The van der Waals surface area contributed by atoms with E-state index in [1.165, 1.54) is 17.3 Å². The summed E-state index contributed by atoms with van der Waals surface area (Å²) >= 11 is 1.40. The van der Waals surface area contributed by atoms with Gasteiger partial charge in [0.05, 0.1) is 18.6 Å². The zero-order valence-electron chi connectivity index (χ0n) is 20.1. The molecule has 0 aliphatic carbocycles. The maximum absolute atomic E-state index is 12.4. The Labute approximate surface area is 210 Å². The number of benzene rings is 3. The van der Waals surface area contributed by atoms with Gasteiger partial charge >= 0.3 is 0 Å². The molecule has 1 unspecified atom stereocenters. The summed E-state index contributed by atoms with van der Waals surface area (Å²) in [5.74, 6) is 1.72. The largest absolute Gasteiger partial charge is 0.493 e. The number of rotatable bonds is 9. The second-order valence-electron chi connectivity index (χ2n) is 8.53. The molecule has 1 N–H and O–H groups in total. The van der Waals surface area contributed by atoms with Crippen molar-refractivity contribution in [3.05, 3.63) is 95.1 Å². The van der Waals surface area contributed by atoms with Crippen molar-refractivity contribution >= 4 is 29.1 Å². The van der Waals surface area contributed by atoms with E-state index >= 15 is 0 Å². The first kappa shape index (κ1) is 24.5. The summed E-state index contributed by atoms with van der Waals surface area (Å²) in [5, 5.41) is 11.5. The predicted octanol–water partition coefficient (Wildman–Crippen LogP) is 5.56. The average molecular weight is 488 g/mol. The van der Waals surface area contributed by atoms with E-state index in [9.17, 15) is 4.79 Å². The quantitative estimate of drug-likeness (QED) is 0.317. The molecule has 180 valence electrons. The molecular weight excluding hydrogens is 458 g/mol. The number of methoxy groups -OCH3 is 1. The summed E-state index contributed by atoms with van der Waals surface area (Å²) in [7, 11) is 1.60. The Morgan fingerprint density at radius 1 is 1.00 bits per heavy atom. The number of hydrogen-bond acceptors (Lipinski definition) is 6. The van der Waals surface area contributed by atoms with Gasteiger partial charge in [-0.2, -0.15) is 5.10 Å². The molecular formula is C28H29N3O3S. The van der Waals surface area contributed by atoms with Gasteiger partial charge < -0.3 is 14.8 Å². The van der Waals surface area contributed by atoms with Crippen LogP contribution in [-0.4, -0.2) is 29.6 Å². The maximum atomic E-state index is 12.4. The Balaban J connectivity index is 1.35. The number of carbonyl (C=O) groups is 1. The number of nitrogens with zero attached hydrogens (tertiary/aromatic N) is 2. The Morgan fingerprint density at radius 3 is 2.49 bits per heavy atom. The first-order chi connectivity index (χ1) is 17.0. The van der Waals surface area contributed by atoms with Crippen molar-refractivity contribution in [3.8, 4) is 11.5 Å². The zero-order chi connectivity index (χ0) is 24.6. The number of nitrogens with one attached hydrogen (secondary N) is 1. The van der Waals surface area contributed by atoms with Crippen molar-refractivity contribution in [3.63, 3.8) is 0 Å². The number of amides is 1. The molecule has 1 saturated heterocycles. The number of thioether (sulfide) groups is 1. The smallest absolute Gasteiger partial charge is 0.239 e. The van der Waals surface area contributed by atoms with Crippen molar-refractivity contribution in [1.82, 2.24) is 5.32 Å². The first-order valence-corrected chi connectivity index (χ1v) is 12.4. The highest BCUT2D eigenvalue weighted by atomic mass is 32.2. The Hall–Kier alpha value is -3.58. The van der Waals surface area contributed by atoms with Gasteiger partial charge in [-0.1, -0.05) is 80.2 Å². The highest BCUT2D eigenvalue weighted by Crippen LogP contribution is 2.29. The van der Waals surface area contributed by atoms with Crippen LogP contribution < -0.4 is 14.8 Å². The van der Waals surface area contributed by atoms with Gasteiger partial charge in [0, 0.05) is 0 Å². The summed E-state index contributed by atoms with van der Waals surface area (Å²) in [5.41, 5.74) is 4.32. The summed E-state index contributed by atoms with van der Waals surface area (Å²) in [6.45, 7) is 4.80. The van der Waals surface area contributed by atoms with E-state index < -0.39 is 0 Å². The lowest BCUT2D eigenvalue weighted by atomic mass is 10.0. The molecule has 0 bridgehead atoms. The Morgan fingerprint density at radius 2 is 1.77 bits per heavy atom. The molecule has 0 radical (unpaired) electrons. The molecule has 1 amide bonds. The van der Waals surface area contributed by atoms with Gasteiger partial charge in [-0.15, -0.1) is 5.10 Å². The second-order valence-corrected chi connectivity index (χ2v) is 9.72. The van der Waals surface area contributed by atoms with E-state index in [1.54, 1.807) is 13.3 Å². The molecule has 0 aromatic heterocycles. The van der Waals surface area contributed by atoms with Crippen molar-refractivity contribution < 1.29 is 14.3 Å². The molecule has 0 saturated carbocycles. The summed E-state index contributed by atoms with van der Waals surface area (Å²) < 4.78 is 11.4. The van der Waals surface area contributed by atoms with Crippen molar-refractivity contribution in [2.45, 2.75) is 38.0 Å². The van der Waals surface area contributed by atoms with Crippen LogP contribution in [0, 0.1) is 0 Å². The highest BCUT2D eigenvalue weighted by Gasteiger charge is 2.30. The lowest BCUT2D eigenvalue weighted by molar-refractivity contribution is -0.118. The highest BCUT2D eigenvalue weighted by molar-refractivity contribution is 8.15. The first-order valence-electron chi connectivity index (χ1n) is 11.5. The third-order valence-electron chi connectivity index (χ3n) is 5.62. The minimum absolute atomic E-state index is 0.0431. The topological polar surface area (TPSA) is 72.3 Å². The monoisotopic (exact) mass is 487 g/mol. The fourth-order valence-electron chi connectivity index (χ4n) is 3.61. The molecule has 4 rings (SSSR count). The van der Waals surface area contributed by atoms with Crippen LogP contribution in [0.5, 0.6) is 11.5 Å². The van der Waals surface area contributed by atoms with Crippen LogP contribution in [0.15, 0.2) is 83.0 Å². The normalized spacial score (nSPS) is 16.7. The Kier molecular flexibility index (Phi) is 8.21. The Bertz CT molecular complexity index is 1210. The van der Waals surface area contributed by atoms with Crippen LogP contribution in [-0.2, 0) is 17.8 Å². The lowest BCUT2D eigenvalue weighted by Gasteiger charge is -2.11. The standard InChI is InChI=1S/C28H29N3O3S/c1-19(2)23-12-9-20(10-13-23)16-26-27(32)30-28(35-26)31-29-17-22-11-14-24(25(15-22)33-3)34-18-21-7-5-4-6-8-21/h4-15,17,19,26H,16,18H2,1-3H3,(H,30,31,32). The van der Waals surface area contributed by atoms with E-state index in [0.29, 0.717) is 35.6 Å². The summed E-state index contributed by atoms with van der Waals surface area (Å²) in [4.78, 5) is 12.4. The van der Waals surface area contributed by atoms with Crippen LogP contribution in [0.3, 0.4) is 0 Å². The molecule has 1 heterocycles. The van der Waals surface area contributed by atoms with Gasteiger partial charge in [0.1, 0.15) is 6.61 Å². The van der Waals surface area contributed by atoms with Gasteiger partial charge in [0.15, 0.2) is 16.7 Å². The van der Waals surface area contributed by atoms with Crippen LogP contribution in [0.2, 0.25) is 0 Å². The van der Waals surface area contributed by atoms with E-state index in [2.05, 4.69) is 53.6 Å². The minimum Gasteiger partial charge on any atom is -0.493 e. The van der Waals surface area contributed by atoms with Gasteiger partial charge in [-0.3, -0.25) is 4.79 Å². The zero-order valence-corrected chi connectivity index (χ0v) is 20.9. The number of hydrogen-bond donors (Lipinski definition) is 1. The van der Waals surface area contributed by atoms with Crippen LogP contribution in [0.1, 0.15) is 42.0 Å². The predicted molar refractivity (Wildman–Crippen MR) is 143 cm³/mol. The molecule has 7 heteroatoms. The average Bonchev–Trinajstić information content (AvgIpc) is 3.22. The third kappa shape index (κ3) is 6.73. The maximum Gasteiger partial charge on any atom is 0.239 e. The molecule has 3 aromatic rings. The number of ether oxygens (including phenoxy) is 2. The van der Waals surface area contributed by atoms with Crippen LogP contribution in [0.4, 0.5) is 0 Å². The molecule has 6 nitrogen and oxygen atoms in total. The molecule has 3 aromatic carbocycles. The van der Waals surface area contributed by atoms with E-state index in [1.807, 2.05) is 48.5 Å². The lowest BCUT2D eigenvalue weighted by Crippen LogP contribution is -2.25. The number of amidine groups is 1. The molecule has 1 fully saturated rings. The van der Waals surface area contributed by atoms with Gasteiger partial charge in [-0.25, -0.2) is 0 Å². The molecule has 1 atom stereocenters. The molecule has 0 spiro atoms. The fourth-order valence-corrected chi connectivity index (χ4v) is 4.57. The van der Waals surface area contributed by atoms with Gasteiger partial charge in [0.25, 0.3) is 0 Å². The van der Waals surface area contributed by atoms with Crippen LogP contribution >= 0.6 is 11.8 Å². The van der Waals surface area contributed by atoms with Gasteiger partial charge in [-0.05, 0) is 52.8 Å². The van der Waals surface area contributed by atoms with E-state index in [4.69, 9.17) is 9.47 Å². The molecule has 1 aliphatic heterocycles. The summed E-state index contributed by atoms with van der Waals surface area (Å²) in [6, 6.07) is 24.0. The SMILES string of the molecule is COc1cc(C=N/N=C2\NC(=O)C(Cc3ccc(C(C)C)cc3)S2)ccc1OCc1ccccc1. The minimum atomic E-state index is -0.213. The van der Waals surface area contributed by atoms with Crippen molar-refractivity contribution in [1.29, 1.82) is 0 Å². The third-order valence-corrected chi connectivity index (χ3v) is 6.70. The fraction of sp³-hybridized carbons (Fsp3) is 0.250. The van der Waals surface area contributed by atoms with Crippen molar-refractivity contribution in [2.75, 3.05) is 7.11 Å².